The molecule has 0 radical (unpaired) electrons. The average Bonchev–Trinajstić information content (AvgIpc) is 2.53. The van der Waals surface area contributed by atoms with Gasteiger partial charge in [0, 0.05) is 24.2 Å². The third kappa shape index (κ3) is 2.09. The molecule has 1 saturated heterocycles. The lowest BCUT2D eigenvalue weighted by Crippen LogP contribution is -2.23. The molecular weight excluding hydrogens is 208 g/mol. The van der Waals surface area contributed by atoms with Crippen molar-refractivity contribution >= 4 is 23.4 Å². The predicted molar refractivity (Wildman–Crippen MR) is 62.8 cm³/mol. The summed E-state index contributed by atoms with van der Waals surface area (Å²) in [7, 11) is 1.84. The first-order valence-electron chi connectivity index (χ1n) is 4.94. The molecule has 1 amide bonds. The molecule has 3 nitrogen and oxygen atoms in total. The number of rotatable bonds is 2. The number of carbonyl (C=O) groups is 1. The molecule has 4 heteroatoms. The van der Waals surface area contributed by atoms with E-state index in [9.17, 15) is 4.79 Å². The largest absolute Gasteiger partial charge is 0.398 e. The van der Waals surface area contributed by atoms with Crippen LogP contribution in [-0.2, 0) is 4.79 Å². The molecule has 2 rings (SSSR count). The van der Waals surface area contributed by atoms with E-state index in [1.165, 1.54) is 0 Å². The number of para-hydroxylation sites is 1. The van der Waals surface area contributed by atoms with Crippen molar-refractivity contribution in [3.8, 4) is 0 Å². The first-order valence-corrected chi connectivity index (χ1v) is 5.82. The van der Waals surface area contributed by atoms with Gasteiger partial charge in [0.05, 0.1) is 5.25 Å². The molecular formula is C11H14N2OS. The molecule has 1 aromatic rings. The highest BCUT2D eigenvalue weighted by Crippen LogP contribution is 2.33. The molecule has 15 heavy (non-hydrogen) atoms. The van der Waals surface area contributed by atoms with Crippen LogP contribution in [0.4, 0.5) is 5.69 Å². The number of carbonyl (C=O) groups excluding carboxylic acids is 1. The molecule has 1 atom stereocenters. The summed E-state index contributed by atoms with van der Waals surface area (Å²) in [5.74, 6) is 0.211. The van der Waals surface area contributed by atoms with Gasteiger partial charge in [-0.15, -0.1) is 11.8 Å². The molecule has 0 bridgehead atoms. The summed E-state index contributed by atoms with van der Waals surface area (Å²) in [6.07, 6.45) is 0.911. The average molecular weight is 222 g/mol. The number of nitrogens with two attached hydrogens (primary N) is 1. The highest BCUT2D eigenvalue weighted by Gasteiger charge is 2.29. The molecule has 1 heterocycles. The third-order valence-electron chi connectivity index (χ3n) is 2.57. The number of amides is 1. The van der Waals surface area contributed by atoms with Crippen molar-refractivity contribution in [1.29, 1.82) is 0 Å². The highest BCUT2D eigenvalue weighted by molar-refractivity contribution is 8.00. The fraction of sp³-hybridized carbons (Fsp3) is 0.364. The Kier molecular flexibility index (Phi) is 2.86. The number of nitrogen functional groups attached to an aromatic ring is 1. The summed E-state index contributed by atoms with van der Waals surface area (Å²) in [6, 6.07) is 7.68. The number of benzene rings is 1. The standard InChI is InChI=1S/C11H14N2OS/c1-13-7-6-10(11(13)14)15-9-5-3-2-4-8(9)12/h2-5,10H,6-7,12H2,1H3/t10-/m1/s1. The fourth-order valence-electron chi connectivity index (χ4n) is 1.64. The van der Waals surface area contributed by atoms with Gasteiger partial charge < -0.3 is 10.6 Å². The monoisotopic (exact) mass is 222 g/mol. The summed E-state index contributed by atoms with van der Waals surface area (Å²) in [6.45, 7) is 0.850. The third-order valence-corrected chi connectivity index (χ3v) is 3.91. The zero-order chi connectivity index (χ0) is 10.8. The molecule has 2 N–H and O–H groups in total. The zero-order valence-corrected chi connectivity index (χ0v) is 9.46. The maximum absolute atomic E-state index is 11.7. The number of hydrogen-bond donors (Lipinski definition) is 1. The number of anilines is 1. The van der Waals surface area contributed by atoms with Gasteiger partial charge in [-0.2, -0.15) is 0 Å². The van der Waals surface area contributed by atoms with Crippen molar-refractivity contribution in [2.75, 3.05) is 19.3 Å². The van der Waals surface area contributed by atoms with Crippen molar-refractivity contribution in [1.82, 2.24) is 4.90 Å². The summed E-state index contributed by atoms with van der Waals surface area (Å²) >= 11 is 1.57. The van der Waals surface area contributed by atoms with Crippen LogP contribution in [0.25, 0.3) is 0 Å². The molecule has 0 spiro atoms. The van der Waals surface area contributed by atoms with Crippen LogP contribution < -0.4 is 5.73 Å². The van der Waals surface area contributed by atoms with Crippen LogP contribution in [0.5, 0.6) is 0 Å². The summed E-state index contributed by atoms with van der Waals surface area (Å²) in [4.78, 5) is 14.5. The van der Waals surface area contributed by atoms with Gasteiger partial charge in [-0.1, -0.05) is 12.1 Å². The highest BCUT2D eigenvalue weighted by atomic mass is 32.2. The Morgan fingerprint density at radius 2 is 2.20 bits per heavy atom. The van der Waals surface area contributed by atoms with E-state index in [2.05, 4.69) is 0 Å². The van der Waals surface area contributed by atoms with Gasteiger partial charge in [0.15, 0.2) is 0 Å². The molecule has 0 aliphatic carbocycles. The molecule has 1 aliphatic rings. The van der Waals surface area contributed by atoms with E-state index in [0.717, 1.165) is 23.5 Å². The quantitative estimate of drug-likeness (QED) is 0.773. The molecule has 0 saturated carbocycles. The summed E-state index contributed by atoms with van der Waals surface area (Å²) < 4.78 is 0. The Balaban J connectivity index is 2.10. The van der Waals surface area contributed by atoms with Gasteiger partial charge in [-0.3, -0.25) is 4.79 Å². The lowest BCUT2D eigenvalue weighted by molar-refractivity contribution is -0.126. The van der Waals surface area contributed by atoms with Crippen LogP contribution in [0.3, 0.4) is 0 Å². The van der Waals surface area contributed by atoms with Gasteiger partial charge in [0.2, 0.25) is 5.91 Å². The van der Waals surface area contributed by atoms with E-state index < -0.39 is 0 Å². The molecule has 1 fully saturated rings. The molecule has 80 valence electrons. The smallest absolute Gasteiger partial charge is 0.235 e. The Bertz CT molecular complexity index is 381. The van der Waals surface area contributed by atoms with E-state index in [1.54, 1.807) is 16.7 Å². The van der Waals surface area contributed by atoms with Crippen molar-refractivity contribution in [3.05, 3.63) is 24.3 Å². The Labute approximate surface area is 93.6 Å². The maximum Gasteiger partial charge on any atom is 0.235 e. The van der Waals surface area contributed by atoms with Crippen LogP contribution in [0.1, 0.15) is 6.42 Å². The van der Waals surface area contributed by atoms with Crippen LogP contribution >= 0.6 is 11.8 Å². The number of nitrogens with zero attached hydrogens (tertiary/aromatic N) is 1. The first-order chi connectivity index (χ1) is 7.18. The first kappa shape index (κ1) is 10.4. The second-order valence-corrected chi connectivity index (χ2v) is 4.94. The minimum atomic E-state index is 0.0414. The van der Waals surface area contributed by atoms with E-state index in [-0.39, 0.29) is 11.2 Å². The maximum atomic E-state index is 11.7. The van der Waals surface area contributed by atoms with Crippen molar-refractivity contribution < 1.29 is 4.79 Å². The van der Waals surface area contributed by atoms with Crippen molar-refractivity contribution in [2.45, 2.75) is 16.6 Å². The van der Waals surface area contributed by atoms with Gasteiger partial charge in [0.1, 0.15) is 0 Å². The number of likely N-dealkylation sites (tertiary alicyclic amines) is 1. The minimum absolute atomic E-state index is 0.0414. The minimum Gasteiger partial charge on any atom is -0.398 e. The molecule has 1 aliphatic heterocycles. The molecule has 0 unspecified atom stereocenters. The summed E-state index contributed by atoms with van der Waals surface area (Å²) in [5.41, 5.74) is 6.59. The van der Waals surface area contributed by atoms with Crippen molar-refractivity contribution in [2.24, 2.45) is 0 Å². The lowest BCUT2D eigenvalue weighted by Gasteiger charge is -2.11. The lowest BCUT2D eigenvalue weighted by atomic mass is 10.3. The van der Waals surface area contributed by atoms with Crippen LogP contribution in [0, 0.1) is 0 Å². The Morgan fingerprint density at radius 1 is 1.47 bits per heavy atom. The Morgan fingerprint density at radius 3 is 2.80 bits per heavy atom. The van der Waals surface area contributed by atoms with E-state index >= 15 is 0 Å². The van der Waals surface area contributed by atoms with E-state index in [1.807, 2.05) is 31.3 Å². The van der Waals surface area contributed by atoms with E-state index in [4.69, 9.17) is 5.73 Å². The van der Waals surface area contributed by atoms with E-state index in [0.29, 0.717) is 0 Å². The molecule has 1 aromatic carbocycles. The molecule has 0 aromatic heterocycles. The Hall–Kier alpha value is -1.16. The number of thioether (sulfide) groups is 1. The number of hydrogen-bond acceptors (Lipinski definition) is 3. The van der Waals surface area contributed by atoms with Gasteiger partial charge >= 0.3 is 0 Å². The second-order valence-electron chi connectivity index (χ2n) is 3.69. The van der Waals surface area contributed by atoms with Gasteiger partial charge in [-0.05, 0) is 18.6 Å². The van der Waals surface area contributed by atoms with Crippen LogP contribution in [0.2, 0.25) is 0 Å². The van der Waals surface area contributed by atoms with Crippen molar-refractivity contribution in [3.63, 3.8) is 0 Å². The predicted octanol–water partition coefficient (Wildman–Crippen LogP) is 1.59. The zero-order valence-electron chi connectivity index (χ0n) is 8.64. The topological polar surface area (TPSA) is 46.3 Å². The van der Waals surface area contributed by atoms with Crippen LogP contribution in [-0.4, -0.2) is 29.6 Å². The summed E-state index contributed by atoms with van der Waals surface area (Å²) in [5, 5.41) is 0.0414. The van der Waals surface area contributed by atoms with Crippen LogP contribution in [0.15, 0.2) is 29.2 Å². The normalized spacial score (nSPS) is 21.0. The van der Waals surface area contributed by atoms with Gasteiger partial charge in [0.25, 0.3) is 0 Å². The van der Waals surface area contributed by atoms with Gasteiger partial charge in [-0.25, -0.2) is 0 Å². The SMILES string of the molecule is CN1CC[C@@H](Sc2ccccc2N)C1=O. The second kappa shape index (κ2) is 4.14. The fourth-order valence-corrected chi connectivity index (χ4v) is 2.81.